The molecule has 1 aliphatic rings. The average Bonchev–Trinajstić information content (AvgIpc) is 2.26. The Morgan fingerprint density at radius 3 is 2.50 bits per heavy atom. The summed E-state index contributed by atoms with van der Waals surface area (Å²) in [4.78, 5) is 0. The van der Waals surface area contributed by atoms with Gasteiger partial charge in [-0.1, -0.05) is 12.5 Å². The van der Waals surface area contributed by atoms with Gasteiger partial charge in [0.1, 0.15) is 0 Å². The van der Waals surface area contributed by atoms with Crippen LogP contribution in [0.15, 0.2) is 12.1 Å². The van der Waals surface area contributed by atoms with Crippen molar-refractivity contribution in [3.05, 3.63) is 35.1 Å². The molecule has 0 radical (unpaired) electrons. The molecule has 1 aliphatic carbocycles. The Morgan fingerprint density at radius 1 is 1.06 bits per heavy atom. The van der Waals surface area contributed by atoms with Gasteiger partial charge in [-0.2, -0.15) is 0 Å². The van der Waals surface area contributed by atoms with Gasteiger partial charge in [0, 0.05) is 0 Å². The lowest BCUT2D eigenvalue weighted by molar-refractivity contribution is 0.118. The van der Waals surface area contributed by atoms with Crippen LogP contribution in [0.4, 0.5) is 13.2 Å². The summed E-state index contributed by atoms with van der Waals surface area (Å²) in [6, 6.07) is 2.21. The lowest BCUT2D eigenvalue weighted by Crippen LogP contribution is -2.19. The van der Waals surface area contributed by atoms with Crippen molar-refractivity contribution in [1.82, 2.24) is 0 Å². The Morgan fingerprint density at radius 2 is 1.81 bits per heavy atom. The Labute approximate surface area is 91.9 Å². The number of halogens is 3. The Balaban J connectivity index is 2.29. The summed E-state index contributed by atoms with van der Waals surface area (Å²) in [6.45, 7) is 0. The summed E-state index contributed by atoms with van der Waals surface area (Å²) in [5.74, 6) is -3.91. The van der Waals surface area contributed by atoms with Crippen LogP contribution in [0, 0.1) is 17.5 Å². The molecule has 0 aromatic heterocycles. The first-order valence-electron chi connectivity index (χ1n) is 5.41. The van der Waals surface area contributed by atoms with E-state index in [2.05, 4.69) is 0 Å². The lowest BCUT2D eigenvalue weighted by Gasteiger charge is -2.26. The minimum Gasteiger partial charge on any atom is -0.393 e. The van der Waals surface area contributed by atoms with Crippen LogP contribution in [-0.2, 0) is 0 Å². The maximum Gasteiger partial charge on any atom is 0.194 e. The topological polar surface area (TPSA) is 20.2 Å². The van der Waals surface area contributed by atoms with Gasteiger partial charge in [-0.25, -0.2) is 13.2 Å². The Kier molecular flexibility index (Phi) is 3.19. The third kappa shape index (κ3) is 2.07. The van der Waals surface area contributed by atoms with Gasteiger partial charge in [0.15, 0.2) is 17.5 Å². The molecular weight excluding hydrogens is 217 g/mol. The molecule has 1 aromatic carbocycles. The van der Waals surface area contributed by atoms with Gasteiger partial charge in [0.25, 0.3) is 0 Å². The smallest absolute Gasteiger partial charge is 0.194 e. The normalized spacial score (nSPS) is 25.8. The molecular formula is C12H13F3O. The second kappa shape index (κ2) is 4.45. The summed E-state index contributed by atoms with van der Waals surface area (Å²) < 4.78 is 39.2. The molecule has 0 spiro atoms. The van der Waals surface area contributed by atoms with Gasteiger partial charge in [-0.05, 0) is 36.8 Å². The van der Waals surface area contributed by atoms with Gasteiger partial charge >= 0.3 is 0 Å². The van der Waals surface area contributed by atoms with Crippen LogP contribution in [-0.4, -0.2) is 11.2 Å². The van der Waals surface area contributed by atoms with Crippen LogP contribution in [0.5, 0.6) is 0 Å². The van der Waals surface area contributed by atoms with E-state index in [4.69, 9.17) is 0 Å². The van der Waals surface area contributed by atoms with E-state index in [1.165, 1.54) is 6.07 Å². The van der Waals surface area contributed by atoms with Crippen molar-refractivity contribution in [3.8, 4) is 0 Å². The van der Waals surface area contributed by atoms with E-state index in [1.807, 2.05) is 0 Å². The Hall–Kier alpha value is -1.03. The van der Waals surface area contributed by atoms with Gasteiger partial charge in [0.05, 0.1) is 6.10 Å². The van der Waals surface area contributed by atoms with Crippen molar-refractivity contribution in [2.24, 2.45) is 0 Å². The fourth-order valence-corrected chi connectivity index (χ4v) is 2.30. The highest BCUT2D eigenvalue weighted by atomic mass is 19.2. The predicted molar refractivity (Wildman–Crippen MR) is 53.5 cm³/mol. The zero-order valence-electron chi connectivity index (χ0n) is 8.72. The van der Waals surface area contributed by atoms with E-state index >= 15 is 0 Å². The second-order valence-corrected chi connectivity index (χ2v) is 4.28. The highest BCUT2D eigenvalue weighted by Crippen LogP contribution is 2.35. The van der Waals surface area contributed by atoms with E-state index in [0.29, 0.717) is 19.3 Å². The summed E-state index contributed by atoms with van der Waals surface area (Å²) in [6.07, 6.45) is 2.14. The monoisotopic (exact) mass is 230 g/mol. The molecule has 1 N–H and O–H groups in total. The van der Waals surface area contributed by atoms with E-state index in [0.717, 1.165) is 12.5 Å². The minimum absolute atomic E-state index is 0.178. The molecule has 0 heterocycles. The molecule has 1 saturated carbocycles. The minimum atomic E-state index is -1.42. The molecule has 0 aliphatic heterocycles. The van der Waals surface area contributed by atoms with Crippen molar-refractivity contribution < 1.29 is 18.3 Å². The highest BCUT2D eigenvalue weighted by Gasteiger charge is 2.26. The van der Waals surface area contributed by atoms with E-state index in [1.54, 1.807) is 0 Å². The predicted octanol–water partition coefficient (Wildman–Crippen LogP) is 3.12. The molecule has 0 bridgehead atoms. The first kappa shape index (κ1) is 11.5. The van der Waals surface area contributed by atoms with Crippen molar-refractivity contribution in [2.45, 2.75) is 37.7 Å². The fourth-order valence-electron chi connectivity index (χ4n) is 2.30. The van der Waals surface area contributed by atoms with Crippen LogP contribution >= 0.6 is 0 Å². The third-order valence-electron chi connectivity index (χ3n) is 3.15. The highest BCUT2D eigenvalue weighted by molar-refractivity contribution is 5.24. The first-order valence-corrected chi connectivity index (χ1v) is 5.41. The largest absolute Gasteiger partial charge is 0.393 e. The first-order chi connectivity index (χ1) is 7.59. The quantitative estimate of drug-likeness (QED) is 0.735. The van der Waals surface area contributed by atoms with Crippen molar-refractivity contribution in [1.29, 1.82) is 0 Å². The molecule has 88 valence electrons. The molecule has 2 unspecified atom stereocenters. The zero-order valence-corrected chi connectivity index (χ0v) is 8.72. The molecule has 1 fully saturated rings. The summed E-state index contributed by atoms with van der Waals surface area (Å²) in [7, 11) is 0. The van der Waals surface area contributed by atoms with Crippen LogP contribution in [0.1, 0.15) is 37.2 Å². The average molecular weight is 230 g/mol. The van der Waals surface area contributed by atoms with Gasteiger partial charge in [-0.15, -0.1) is 0 Å². The van der Waals surface area contributed by atoms with Gasteiger partial charge < -0.3 is 5.11 Å². The van der Waals surface area contributed by atoms with E-state index in [-0.39, 0.29) is 11.5 Å². The molecule has 0 saturated heterocycles. The number of hydrogen-bond donors (Lipinski definition) is 1. The van der Waals surface area contributed by atoms with Crippen LogP contribution < -0.4 is 0 Å². The molecule has 16 heavy (non-hydrogen) atoms. The molecule has 0 amide bonds. The standard InChI is InChI=1S/C12H13F3O/c13-10-5-4-9(11(14)12(10)15)7-2-1-3-8(16)6-7/h4-5,7-8,16H,1-3,6H2. The number of aliphatic hydroxyl groups is 1. The third-order valence-corrected chi connectivity index (χ3v) is 3.15. The lowest BCUT2D eigenvalue weighted by atomic mass is 9.82. The van der Waals surface area contributed by atoms with E-state index in [9.17, 15) is 18.3 Å². The van der Waals surface area contributed by atoms with Crippen LogP contribution in [0.2, 0.25) is 0 Å². The SMILES string of the molecule is OC1CCCC(c2ccc(F)c(F)c2F)C1. The van der Waals surface area contributed by atoms with Gasteiger partial charge in [0.2, 0.25) is 0 Å². The van der Waals surface area contributed by atoms with Gasteiger partial charge in [-0.3, -0.25) is 0 Å². The molecule has 2 atom stereocenters. The molecule has 1 aromatic rings. The molecule has 2 rings (SSSR count). The summed E-state index contributed by atoms with van der Waals surface area (Å²) in [5, 5.41) is 9.47. The second-order valence-electron chi connectivity index (χ2n) is 4.28. The van der Waals surface area contributed by atoms with Crippen molar-refractivity contribution in [3.63, 3.8) is 0 Å². The molecule has 1 nitrogen and oxygen atoms in total. The number of aliphatic hydroxyl groups excluding tert-OH is 1. The van der Waals surface area contributed by atoms with E-state index < -0.39 is 23.6 Å². The maximum absolute atomic E-state index is 13.5. The Bertz CT molecular complexity index is 392. The zero-order chi connectivity index (χ0) is 11.7. The number of hydrogen-bond acceptors (Lipinski definition) is 1. The number of rotatable bonds is 1. The van der Waals surface area contributed by atoms with Crippen LogP contribution in [0.3, 0.4) is 0 Å². The maximum atomic E-state index is 13.5. The summed E-state index contributed by atoms with van der Waals surface area (Å²) >= 11 is 0. The number of benzene rings is 1. The molecule has 4 heteroatoms. The summed E-state index contributed by atoms with van der Waals surface area (Å²) in [5.41, 5.74) is 0.178. The van der Waals surface area contributed by atoms with Crippen molar-refractivity contribution >= 4 is 0 Å². The van der Waals surface area contributed by atoms with Crippen LogP contribution in [0.25, 0.3) is 0 Å². The fraction of sp³-hybridized carbons (Fsp3) is 0.500. The van der Waals surface area contributed by atoms with Crippen molar-refractivity contribution in [2.75, 3.05) is 0 Å².